The standard InChI is InChI=1S/C18H20N6O2/c1-11-6-12(2)8-13(7-11)22-15-9-16(19-3)24-17(23-15)14(10-21-24)18(26)20-4-5-25/h5-10,19H,4H2,1-3H3,(H,20,26)(H,22,23). The molecular weight excluding hydrogens is 332 g/mol. The van der Waals surface area contributed by atoms with Gasteiger partial charge in [0, 0.05) is 18.8 Å². The van der Waals surface area contributed by atoms with Gasteiger partial charge in [-0.25, -0.2) is 4.98 Å². The third-order valence-corrected chi connectivity index (χ3v) is 3.81. The van der Waals surface area contributed by atoms with E-state index in [9.17, 15) is 9.59 Å². The number of hydrogen-bond acceptors (Lipinski definition) is 6. The van der Waals surface area contributed by atoms with E-state index in [1.54, 1.807) is 11.6 Å². The highest BCUT2D eigenvalue weighted by atomic mass is 16.2. The first-order valence-corrected chi connectivity index (χ1v) is 8.15. The first kappa shape index (κ1) is 17.4. The topological polar surface area (TPSA) is 100 Å². The van der Waals surface area contributed by atoms with Crippen LogP contribution in [0.2, 0.25) is 0 Å². The quantitative estimate of drug-likeness (QED) is 0.587. The van der Waals surface area contributed by atoms with Crippen LogP contribution in [0.4, 0.5) is 17.3 Å². The third kappa shape index (κ3) is 3.49. The number of nitrogens with one attached hydrogen (secondary N) is 3. The van der Waals surface area contributed by atoms with Crippen LogP contribution in [0.3, 0.4) is 0 Å². The fraction of sp³-hybridized carbons (Fsp3) is 0.222. The molecule has 3 rings (SSSR count). The van der Waals surface area contributed by atoms with Crippen molar-refractivity contribution in [3.8, 4) is 0 Å². The molecule has 0 fully saturated rings. The van der Waals surface area contributed by atoms with Gasteiger partial charge in [0.1, 0.15) is 23.5 Å². The molecule has 1 amide bonds. The lowest BCUT2D eigenvalue weighted by Gasteiger charge is -2.11. The van der Waals surface area contributed by atoms with Crippen molar-refractivity contribution >= 4 is 35.2 Å². The Morgan fingerprint density at radius 2 is 1.92 bits per heavy atom. The Morgan fingerprint density at radius 1 is 1.19 bits per heavy atom. The molecule has 2 heterocycles. The van der Waals surface area contributed by atoms with Gasteiger partial charge in [-0.3, -0.25) is 4.79 Å². The first-order chi connectivity index (χ1) is 12.5. The Morgan fingerprint density at radius 3 is 2.58 bits per heavy atom. The second-order valence-corrected chi connectivity index (χ2v) is 5.95. The molecule has 0 aliphatic heterocycles. The Labute approximate surface area is 150 Å². The second kappa shape index (κ2) is 7.22. The highest BCUT2D eigenvalue weighted by Crippen LogP contribution is 2.23. The number of anilines is 3. The number of hydrogen-bond donors (Lipinski definition) is 3. The zero-order chi connectivity index (χ0) is 18.7. The lowest BCUT2D eigenvalue weighted by atomic mass is 10.1. The van der Waals surface area contributed by atoms with Crippen LogP contribution in [0, 0.1) is 13.8 Å². The van der Waals surface area contributed by atoms with Crippen LogP contribution in [-0.4, -0.2) is 40.4 Å². The summed E-state index contributed by atoms with van der Waals surface area (Å²) in [5.41, 5.74) is 3.88. The normalized spacial score (nSPS) is 10.6. The van der Waals surface area contributed by atoms with Gasteiger partial charge in [-0.15, -0.1) is 0 Å². The number of fused-ring (bicyclic) bond motifs is 1. The SMILES string of the molecule is CNc1cc(Nc2cc(C)cc(C)c2)nc2c(C(=O)NCC=O)cnn12. The number of carbonyl (C=O) groups is 2. The summed E-state index contributed by atoms with van der Waals surface area (Å²) in [5.74, 6) is 0.860. The fourth-order valence-corrected chi connectivity index (χ4v) is 2.79. The molecule has 134 valence electrons. The Balaban J connectivity index is 2.03. The number of aromatic nitrogens is 3. The first-order valence-electron chi connectivity index (χ1n) is 8.15. The van der Waals surface area contributed by atoms with Crippen molar-refractivity contribution in [3.05, 3.63) is 47.2 Å². The molecule has 0 radical (unpaired) electrons. The van der Waals surface area contributed by atoms with Gasteiger partial charge in [-0.2, -0.15) is 9.61 Å². The molecule has 0 aliphatic rings. The lowest BCUT2D eigenvalue weighted by molar-refractivity contribution is -0.107. The molecule has 0 saturated carbocycles. The van der Waals surface area contributed by atoms with E-state index in [4.69, 9.17) is 0 Å². The summed E-state index contributed by atoms with van der Waals surface area (Å²) in [7, 11) is 1.77. The number of benzene rings is 1. The van der Waals surface area contributed by atoms with E-state index in [2.05, 4.69) is 32.1 Å². The Hall–Kier alpha value is -3.42. The van der Waals surface area contributed by atoms with Gasteiger partial charge < -0.3 is 20.7 Å². The van der Waals surface area contributed by atoms with Crippen molar-refractivity contribution < 1.29 is 9.59 Å². The molecule has 8 heteroatoms. The molecule has 0 saturated heterocycles. The second-order valence-electron chi connectivity index (χ2n) is 5.95. The monoisotopic (exact) mass is 352 g/mol. The summed E-state index contributed by atoms with van der Waals surface area (Å²) in [5, 5.41) is 13.0. The molecule has 1 aromatic carbocycles. The Kier molecular flexibility index (Phi) is 4.83. The number of aryl methyl sites for hydroxylation is 2. The number of amides is 1. The molecule has 0 atom stereocenters. The molecule has 0 aliphatic carbocycles. The number of rotatable bonds is 6. The summed E-state index contributed by atoms with van der Waals surface area (Å²) in [6.07, 6.45) is 2.06. The summed E-state index contributed by atoms with van der Waals surface area (Å²) in [4.78, 5) is 27.2. The van der Waals surface area contributed by atoms with Gasteiger partial charge in [0.2, 0.25) is 0 Å². The van der Waals surface area contributed by atoms with E-state index >= 15 is 0 Å². The molecule has 26 heavy (non-hydrogen) atoms. The van der Waals surface area contributed by atoms with E-state index in [0.717, 1.165) is 16.8 Å². The van der Waals surface area contributed by atoms with Crippen molar-refractivity contribution in [2.75, 3.05) is 24.2 Å². The van der Waals surface area contributed by atoms with E-state index in [1.165, 1.54) is 6.20 Å². The summed E-state index contributed by atoms with van der Waals surface area (Å²) >= 11 is 0. The minimum Gasteiger partial charge on any atom is -0.373 e. The summed E-state index contributed by atoms with van der Waals surface area (Å²) < 4.78 is 1.54. The van der Waals surface area contributed by atoms with Gasteiger partial charge in [0.05, 0.1) is 12.7 Å². The fourth-order valence-electron chi connectivity index (χ4n) is 2.79. The van der Waals surface area contributed by atoms with Gasteiger partial charge in [-0.05, 0) is 37.1 Å². The minimum absolute atomic E-state index is 0.0600. The van der Waals surface area contributed by atoms with Crippen LogP contribution >= 0.6 is 0 Å². The van der Waals surface area contributed by atoms with Gasteiger partial charge in [-0.1, -0.05) is 6.07 Å². The maximum atomic E-state index is 12.2. The zero-order valence-electron chi connectivity index (χ0n) is 14.8. The van der Waals surface area contributed by atoms with Crippen molar-refractivity contribution in [1.82, 2.24) is 19.9 Å². The molecular formula is C18H20N6O2. The Bertz CT molecular complexity index is 959. The maximum Gasteiger partial charge on any atom is 0.257 e. The van der Waals surface area contributed by atoms with Gasteiger partial charge in [0.15, 0.2) is 5.65 Å². The van der Waals surface area contributed by atoms with Crippen molar-refractivity contribution in [3.63, 3.8) is 0 Å². The highest BCUT2D eigenvalue weighted by Gasteiger charge is 2.16. The van der Waals surface area contributed by atoms with Crippen LogP contribution in [0.1, 0.15) is 21.5 Å². The van der Waals surface area contributed by atoms with Crippen molar-refractivity contribution in [2.24, 2.45) is 0 Å². The molecule has 3 N–H and O–H groups in total. The van der Waals surface area contributed by atoms with Gasteiger partial charge >= 0.3 is 0 Å². The molecule has 0 spiro atoms. The average Bonchev–Trinajstić information content (AvgIpc) is 3.02. The van der Waals surface area contributed by atoms with E-state index in [0.29, 0.717) is 29.1 Å². The van der Waals surface area contributed by atoms with E-state index < -0.39 is 5.91 Å². The van der Waals surface area contributed by atoms with Crippen LogP contribution in [0.25, 0.3) is 5.65 Å². The van der Waals surface area contributed by atoms with E-state index in [1.807, 2.05) is 32.0 Å². The molecule has 8 nitrogen and oxygen atoms in total. The van der Waals surface area contributed by atoms with Crippen LogP contribution < -0.4 is 16.0 Å². The van der Waals surface area contributed by atoms with Crippen LogP contribution in [-0.2, 0) is 4.79 Å². The smallest absolute Gasteiger partial charge is 0.257 e. The number of nitrogens with zero attached hydrogens (tertiary/aromatic N) is 3. The molecule has 0 bridgehead atoms. The van der Waals surface area contributed by atoms with Crippen molar-refractivity contribution in [2.45, 2.75) is 13.8 Å². The predicted octanol–water partition coefficient (Wildman–Crippen LogP) is 2.06. The van der Waals surface area contributed by atoms with E-state index in [-0.39, 0.29) is 6.54 Å². The van der Waals surface area contributed by atoms with Crippen molar-refractivity contribution in [1.29, 1.82) is 0 Å². The highest BCUT2D eigenvalue weighted by molar-refractivity contribution is 6.00. The number of carbonyl (C=O) groups excluding carboxylic acids is 2. The maximum absolute atomic E-state index is 12.2. The lowest BCUT2D eigenvalue weighted by Crippen LogP contribution is -2.25. The molecule has 0 unspecified atom stereocenters. The van der Waals surface area contributed by atoms with Gasteiger partial charge in [0.25, 0.3) is 5.91 Å². The zero-order valence-corrected chi connectivity index (χ0v) is 14.8. The third-order valence-electron chi connectivity index (χ3n) is 3.81. The number of aldehydes is 1. The molecule has 3 aromatic rings. The van der Waals surface area contributed by atoms with Crippen LogP contribution in [0.5, 0.6) is 0 Å². The predicted molar refractivity (Wildman–Crippen MR) is 100 cm³/mol. The summed E-state index contributed by atoms with van der Waals surface area (Å²) in [6.45, 7) is 4.00. The average molecular weight is 352 g/mol. The van der Waals surface area contributed by atoms with Crippen LogP contribution in [0.15, 0.2) is 30.5 Å². The minimum atomic E-state index is -0.398. The summed E-state index contributed by atoms with van der Waals surface area (Å²) in [6, 6.07) is 7.94. The molecule has 2 aromatic heterocycles. The largest absolute Gasteiger partial charge is 0.373 e.